The van der Waals surface area contributed by atoms with E-state index in [1.807, 2.05) is 0 Å². The number of halogens is 1. The van der Waals surface area contributed by atoms with Crippen molar-refractivity contribution in [2.24, 2.45) is 11.8 Å². The minimum atomic E-state index is -0.173. The number of fused-ring (bicyclic) bond motifs is 1. The van der Waals surface area contributed by atoms with E-state index in [2.05, 4.69) is 17.5 Å². The standard InChI is InChI=1S/C13H14FN/c14-10-4-6-11(7-5-10)15-13-8-9-2-1-3-12(9)13/h1,3-7,9,12-13,15H,2,8H2. The van der Waals surface area contributed by atoms with Crippen LogP contribution in [0.15, 0.2) is 36.4 Å². The van der Waals surface area contributed by atoms with Crippen molar-refractivity contribution in [3.8, 4) is 0 Å². The van der Waals surface area contributed by atoms with Gasteiger partial charge in [0.15, 0.2) is 0 Å². The highest BCUT2D eigenvalue weighted by Crippen LogP contribution is 2.43. The van der Waals surface area contributed by atoms with E-state index in [0.717, 1.165) is 11.6 Å². The van der Waals surface area contributed by atoms with Gasteiger partial charge in [-0.3, -0.25) is 0 Å². The molecule has 2 aliphatic carbocycles. The quantitative estimate of drug-likeness (QED) is 0.728. The van der Waals surface area contributed by atoms with Crippen LogP contribution < -0.4 is 5.32 Å². The van der Waals surface area contributed by atoms with Crippen molar-refractivity contribution in [1.29, 1.82) is 0 Å². The van der Waals surface area contributed by atoms with Crippen molar-refractivity contribution in [1.82, 2.24) is 0 Å². The first-order valence-corrected chi connectivity index (χ1v) is 5.52. The van der Waals surface area contributed by atoms with Crippen molar-refractivity contribution in [2.75, 3.05) is 5.32 Å². The van der Waals surface area contributed by atoms with Gasteiger partial charge in [0.05, 0.1) is 0 Å². The minimum absolute atomic E-state index is 0.173. The number of nitrogens with one attached hydrogen (secondary N) is 1. The van der Waals surface area contributed by atoms with Crippen LogP contribution in [0.4, 0.5) is 10.1 Å². The molecule has 1 N–H and O–H groups in total. The maximum Gasteiger partial charge on any atom is 0.123 e. The van der Waals surface area contributed by atoms with Crippen molar-refractivity contribution in [3.63, 3.8) is 0 Å². The third-order valence-corrected chi connectivity index (χ3v) is 3.56. The zero-order valence-electron chi connectivity index (χ0n) is 8.49. The van der Waals surface area contributed by atoms with Gasteiger partial charge in [-0.2, -0.15) is 0 Å². The Bertz CT molecular complexity index is 382. The summed E-state index contributed by atoms with van der Waals surface area (Å²) < 4.78 is 12.7. The van der Waals surface area contributed by atoms with E-state index in [1.54, 1.807) is 12.1 Å². The number of anilines is 1. The summed E-state index contributed by atoms with van der Waals surface area (Å²) in [6.45, 7) is 0. The Morgan fingerprint density at radius 1 is 1.20 bits per heavy atom. The molecule has 78 valence electrons. The number of hydrogen-bond donors (Lipinski definition) is 1. The molecule has 0 aromatic heterocycles. The second-order valence-electron chi connectivity index (χ2n) is 4.49. The molecule has 3 atom stereocenters. The summed E-state index contributed by atoms with van der Waals surface area (Å²) in [5.41, 5.74) is 1.03. The molecular formula is C13H14FN. The summed E-state index contributed by atoms with van der Waals surface area (Å²) in [7, 11) is 0. The van der Waals surface area contributed by atoms with E-state index in [-0.39, 0.29) is 5.82 Å². The third kappa shape index (κ3) is 1.54. The Labute approximate surface area is 89.0 Å². The smallest absolute Gasteiger partial charge is 0.123 e. The van der Waals surface area contributed by atoms with Crippen LogP contribution >= 0.6 is 0 Å². The molecule has 2 heteroatoms. The van der Waals surface area contributed by atoms with Crippen LogP contribution in [0.5, 0.6) is 0 Å². The summed E-state index contributed by atoms with van der Waals surface area (Å²) in [6, 6.07) is 7.17. The number of rotatable bonds is 2. The van der Waals surface area contributed by atoms with Crippen LogP contribution in [0.2, 0.25) is 0 Å². The lowest BCUT2D eigenvalue weighted by Crippen LogP contribution is -2.43. The van der Waals surface area contributed by atoms with E-state index >= 15 is 0 Å². The van der Waals surface area contributed by atoms with Crippen LogP contribution in [0, 0.1) is 17.7 Å². The molecular weight excluding hydrogens is 189 g/mol. The second kappa shape index (κ2) is 3.37. The fourth-order valence-electron chi connectivity index (χ4n) is 2.64. The van der Waals surface area contributed by atoms with Gasteiger partial charge in [0.25, 0.3) is 0 Å². The van der Waals surface area contributed by atoms with Crippen LogP contribution in [0.25, 0.3) is 0 Å². The topological polar surface area (TPSA) is 12.0 Å². The summed E-state index contributed by atoms with van der Waals surface area (Å²) in [4.78, 5) is 0. The van der Waals surface area contributed by atoms with E-state index in [4.69, 9.17) is 0 Å². The van der Waals surface area contributed by atoms with E-state index in [0.29, 0.717) is 12.0 Å². The lowest BCUT2D eigenvalue weighted by atomic mass is 9.71. The molecule has 15 heavy (non-hydrogen) atoms. The van der Waals surface area contributed by atoms with Gasteiger partial charge in [0.2, 0.25) is 0 Å². The van der Waals surface area contributed by atoms with Gasteiger partial charge >= 0.3 is 0 Å². The molecule has 0 aliphatic heterocycles. The summed E-state index contributed by atoms with van der Waals surface area (Å²) >= 11 is 0. The van der Waals surface area contributed by atoms with Gasteiger partial charge in [-0.1, -0.05) is 12.2 Å². The fraction of sp³-hybridized carbons (Fsp3) is 0.385. The van der Waals surface area contributed by atoms with Crippen LogP contribution in [-0.2, 0) is 0 Å². The van der Waals surface area contributed by atoms with Gasteiger partial charge in [-0.15, -0.1) is 0 Å². The van der Waals surface area contributed by atoms with Gasteiger partial charge < -0.3 is 5.32 Å². The maximum absolute atomic E-state index is 12.7. The molecule has 0 spiro atoms. The lowest BCUT2D eigenvalue weighted by molar-refractivity contribution is 0.218. The zero-order chi connectivity index (χ0) is 10.3. The van der Waals surface area contributed by atoms with Crippen LogP contribution in [0.1, 0.15) is 12.8 Å². The highest BCUT2D eigenvalue weighted by Gasteiger charge is 2.40. The van der Waals surface area contributed by atoms with Gasteiger partial charge in [-0.25, -0.2) is 4.39 Å². The van der Waals surface area contributed by atoms with Crippen LogP contribution in [0.3, 0.4) is 0 Å². The molecule has 1 aromatic rings. The molecule has 0 radical (unpaired) electrons. The van der Waals surface area contributed by atoms with E-state index in [9.17, 15) is 4.39 Å². The normalized spacial score (nSPS) is 32.2. The van der Waals surface area contributed by atoms with Crippen LogP contribution in [-0.4, -0.2) is 6.04 Å². The number of allylic oxidation sites excluding steroid dienone is 1. The Kier molecular flexibility index (Phi) is 2.01. The first kappa shape index (κ1) is 8.96. The van der Waals surface area contributed by atoms with E-state index < -0.39 is 0 Å². The molecule has 0 amide bonds. The molecule has 1 fully saturated rings. The molecule has 0 heterocycles. The maximum atomic E-state index is 12.7. The highest BCUT2D eigenvalue weighted by molar-refractivity contribution is 5.45. The SMILES string of the molecule is Fc1ccc(NC2CC3CC=CC32)cc1. The number of hydrogen-bond acceptors (Lipinski definition) is 1. The predicted molar refractivity (Wildman–Crippen MR) is 59.2 cm³/mol. The molecule has 1 aromatic carbocycles. The first-order valence-electron chi connectivity index (χ1n) is 5.52. The monoisotopic (exact) mass is 203 g/mol. The minimum Gasteiger partial charge on any atom is -0.382 e. The molecule has 0 saturated heterocycles. The third-order valence-electron chi connectivity index (χ3n) is 3.56. The molecule has 1 nitrogen and oxygen atoms in total. The molecule has 3 unspecified atom stereocenters. The van der Waals surface area contributed by atoms with Gasteiger partial charge in [0.1, 0.15) is 5.82 Å². The fourth-order valence-corrected chi connectivity index (χ4v) is 2.64. The van der Waals surface area contributed by atoms with E-state index in [1.165, 1.54) is 25.0 Å². The Morgan fingerprint density at radius 3 is 2.73 bits per heavy atom. The summed E-state index contributed by atoms with van der Waals surface area (Å²) in [5, 5.41) is 3.46. The Balaban J connectivity index is 1.66. The molecule has 1 saturated carbocycles. The van der Waals surface area contributed by atoms with Crippen molar-refractivity contribution < 1.29 is 4.39 Å². The summed E-state index contributed by atoms with van der Waals surface area (Å²) in [5.74, 6) is 1.39. The first-order chi connectivity index (χ1) is 7.33. The molecule has 3 rings (SSSR count). The molecule has 2 aliphatic rings. The highest BCUT2D eigenvalue weighted by atomic mass is 19.1. The summed E-state index contributed by atoms with van der Waals surface area (Å²) in [6.07, 6.45) is 7.08. The lowest BCUT2D eigenvalue weighted by Gasteiger charge is -2.41. The molecule has 0 bridgehead atoms. The second-order valence-corrected chi connectivity index (χ2v) is 4.49. The number of benzene rings is 1. The average Bonchev–Trinajstić information content (AvgIpc) is 2.59. The Morgan fingerprint density at radius 2 is 2.00 bits per heavy atom. The Hall–Kier alpha value is -1.31. The average molecular weight is 203 g/mol. The largest absolute Gasteiger partial charge is 0.382 e. The van der Waals surface area contributed by atoms with Gasteiger partial charge in [-0.05, 0) is 43.0 Å². The zero-order valence-corrected chi connectivity index (χ0v) is 8.49. The van der Waals surface area contributed by atoms with Crippen molar-refractivity contribution in [2.45, 2.75) is 18.9 Å². The van der Waals surface area contributed by atoms with Crippen molar-refractivity contribution >= 4 is 5.69 Å². The van der Waals surface area contributed by atoms with Gasteiger partial charge in [0, 0.05) is 17.6 Å². The predicted octanol–water partition coefficient (Wildman–Crippen LogP) is 3.20. The van der Waals surface area contributed by atoms with Crippen molar-refractivity contribution in [3.05, 3.63) is 42.2 Å².